The molecule has 0 fully saturated rings. The Labute approximate surface area is 209 Å². The van der Waals surface area contributed by atoms with E-state index < -0.39 is 0 Å². The highest BCUT2D eigenvalue weighted by molar-refractivity contribution is 7.98. The van der Waals surface area contributed by atoms with Crippen molar-refractivity contribution in [2.45, 2.75) is 31.3 Å². The third kappa shape index (κ3) is 5.84. The number of benzene rings is 3. The predicted octanol–water partition coefficient (Wildman–Crippen LogP) is 5.12. The maximum atomic E-state index is 12.9. The molecule has 0 aliphatic carbocycles. The quantitative estimate of drug-likeness (QED) is 0.329. The largest absolute Gasteiger partial charge is 0.497 e. The number of carbonyl (C=O) groups is 1. The van der Waals surface area contributed by atoms with E-state index in [1.807, 2.05) is 23.6 Å². The first kappa shape index (κ1) is 24.3. The lowest BCUT2D eigenvalue weighted by Crippen LogP contribution is -2.25. The van der Waals surface area contributed by atoms with Crippen LogP contribution in [0, 0.1) is 13.8 Å². The number of aromatic nitrogens is 3. The van der Waals surface area contributed by atoms with E-state index in [1.165, 1.54) is 18.2 Å². The van der Waals surface area contributed by atoms with Gasteiger partial charge in [0.1, 0.15) is 11.5 Å². The van der Waals surface area contributed by atoms with Crippen molar-refractivity contribution in [2.24, 2.45) is 0 Å². The average Bonchev–Trinajstić information content (AvgIpc) is 3.28. The summed E-state index contributed by atoms with van der Waals surface area (Å²) in [6.07, 6.45) is 0. The number of amides is 1. The van der Waals surface area contributed by atoms with Gasteiger partial charge in [-0.2, -0.15) is 0 Å². The predicted molar refractivity (Wildman–Crippen MR) is 138 cm³/mol. The zero-order valence-corrected chi connectivity index (χ0v) is 21.1. The molecule has 0 unspecified atom stereocenters. The van der Waals surface area contributed by atoms with Gasteiger partial charge in [0, 0.05) is 17.5 Å². The topological polar surface area (TPSA) is 78.3 Å². The molecule has 35 heavy (non-hydrogen) atoms. The summed E-state index contributed by atoms with van der Waals surface area (Å²) in [5.74, 6) is 2.20. The summed E-state index contributed by atoms with van der Waals surface area (Å²) in [5, 5.41) is 12.6. The Morgan fingerprint density at radius 1 is 0.943 bits per heavy atom. The number of thioether (sulfide) groups is 1. The molecule has 0 saturated carbocycles. The maximum Gasteiger partial charge on any atom is 0.255 e. The van der Waals surface area contributed by atoms with Crippen LogP contribution in [0.15, 0.2) is 71.9 Å². The standard InChI is InChI=1S/C27H28N4O3S/c1-18-8-10-21(11-9-18)31-25(29-30-27(31)35-17-20-7-5-6-19(2)14-20)16-28-26(32)23-13-12-22(33-3)15-24(23)34-4/h5-15H,16-17H2,1-4H3,(H,28,32). The van der Waals surface area contributed by atoms with E-state index in [-0.39, 0.29) is 12.5 Å². The molecule has 0 atom stereocenters. The number of carbonyl (C=O) groups excluding carboxylic acids is 1. The van der Waals surface area contributed by atoms with Crippen LogP contribution in [-0.2, 0) is 12.3 Å². The van der Waals surface area contributed by atoms with E-state index in [0.29, 0.717) is 22.9 Å². The number of rotatable bonds is 9. The fraction of sp³-hybridized carbons (Fsp3) is 0.222. The van der Waals surface area contributed by atoms with Gasteiger partial charge in [-0.05, 0) is 43.7 Å². The van der Waals surface area contributed by atoms with Crippen LogP contribution in [-0.4, -0.2) is 34.9 Å². The Balaban J connectivity index is 1.57. The Bertz CT molecular complexity index is 1320. The van der Waals surface area contributed by atoms with Gasteiger partial charge in [0.15, 0.2) is 11.0 Å². The summed E-state index contributed by atoms with van der Waals surface area (Å²) in [7, 11) is 3.10. The van der Waals surface area contributed by atoms with Crippen LogP contribution in [0.4, 0.5) is 0 Å². The Morgan fingerprint density at radius 2 is 1.74 bits per heavy atom. The van der Waals surface area contributed by atoms with Gasteiger partial charge in [-0.1, -0.05) is 59.3 Å². The van der Waals surface area contributed by atoms with E-state index in [2.05, 4.69) is 58.8 Å². The molecule has 1 aromatic heterocycles. The first-order valence-corrected chi connectivity index (χ1v) is 12.2. The Morgan fingerprint density at radius 3 is 2.46 bits per heavy atom. The molecule has 1 amide bonds. The van der Waals surface area contributed by atoms with Crippen LogP contribution in [0.3, 0.4) is 0 Å². The first-order chi connectivity index (χ1) is 17.0. The molecule has 0 bridgehead atoms. The molecular weight excluding hydrogens is 460 g/mol. The van der Waals surface area contributed by atoms with Gasteiger partial charge in [0.25, 0.3) is 5.91 Å². The smallest absolute Gasteiger partial charge is 0.255 e. The van der Waals surface area contributed by atoms with E-state index in [1.54, 1.807) is 37.1 Å². The van der Waals surface area contributed by atoms with Crippen LogP contribution in [0.5, 0.6) is 11.5 Å². The maximum absolute atomic E-state index is 12.9. The van der Waals surface area contributed by atoms with Crippen molar-refractivity contribution in [2.75, 3.05) is 14.2 Å². The molecule has 0 saturated heterocycles. The van der Waals surface area contributed by atoms with Crippen molar-refractivity contribution in [1.29, 1.82) is 0 Å². The summed E-state index contributed by atoms with van der Waals surface area (Å²) in [6, 6.07) is 21.7. The molecule has 0 radical (unpaired) electrons. The fourth-order valence-corrected chi connectivity index (χ4v) is 4.57. The molecule has 1 N–H and O–H groups in total. The summed E-state index contributed by atoms with van der Waals surface area (Å²) in [5.41, 5.74) is 4.97. The molecule has 4 aromatic rings. The molecular formula is C27H28N4O3S. The molecule has 0 spiro atoms. The van der Waals surface area contributed by atoms with Gasteiger partial charge < -0.3 is 14.8 Å². The lowest BCUT2D eigenvalue weighted by Gasteiger charge is -2.13. The molecule has 1 heterocycles. The van der Waals surface area contributed by atoms with Gasteiger partial charge in [-0.15, -0.1) is 10.2 Å². The number of methoxy groups -OCH3 is 2. The van der Waals surface area contributed by atoms with Gasteiger partial charge in [-0.25, -0.2) is 0 Å². The minimum atomic E-state index is -0.267. The van der Waals surface area contributed by atoms with E-state index >= 15 is 0 Å². The van der Waals surface area contributed by atoms with Crippen molar-refractivity contribution < 1.29 is 14.3 Å². The number of ether oxygens (including phenoxy) is 2. The second kappa shape index (κ2) is 11.1. The zero-order valence-electron chi connectivity index (χ0n) is 20.2. The van der Waals surface area contributed by atoms with Crippen LogP contribution in [0.25, 0.3) is 5.69 Å². The number of nitrogens with zero attached hydrogens (tertiary/aromatic N) is 3. The monoisotopic (exact) mass is 488 g/mol. The summed E-state index contributed by atoms with van der Waals surface area (Å²) >= 11 is 1.61. The van der Waals surface area contributed by atoms with Crippen molar-refractivity contribution >= 4 is 17.7 Å². The second-order valence-electron chi connectivity index (χ2n) is 8.10. The highest BCUT2D eigenvalue weighted by atomic mass is 32.2. The molecule has 8 heteroatoms. The van der Waals surface area contributed by atoms with Crippen molar-refractivity contribution in [3.05, 3.63) is 94.8 Å². The second-order valence-corrected chi connectivity index (χ2v) is 9.04. The van der Waals surface area contributed by atoms with Gasteiger partial charge in [0.2, 0.25) is 0 Å². The SMILES string of the molecule is COc1ccc(C(=O)NCc2nnc(SCc3cccc(C)c3)n2-c2ccc(C)cc2)c(OC)c1. The van der Waals surface area contributed by atoms with Crippen LogP contribution >= 0.6 is 11.8 Å². The zero-order chi connectivity index (χ0) is 24.8. The molecule has 0 aliphatic heterocycles. The Hall–Kier alpha value is -3.78. The molecule has 7 nitrogen and oxygen atoms in total. The van der Waals surface area contributed by atoms with E-state index in [4.69, 9.17) is 9.47 Å². The average molecular weight is 489 g/mol. The van der Waals surface area contributed by atoms with Gasteiger partial charge in [0.05, 0.1) is 26.3 Å². The molecule has 180 valence electrons. The van der Waals surface area contributed by atoms with Crippen LogP contribution in [0.1, 0.15) is 32.9 Å². The third-order valence-corrected chi connectivity index (χ3v) is 6.50. The minimum Gasteiger partial charge on any atom is -0.497 e. The summed E-state index contributed by atoms with van der Waals surface area (Å²) < 4.78 is 12.6. The van der Waals surface area contributed by atoms with Crippen molar-refractivity contribution in [3.8, 4) is 17.2 Å². The Kier molecular flexibility index (Phi) is 7.72. The van der Waals surface area contributed by atoms with Crippen molar-refractivity contribution in [1.82, 2.24) is 20.1 Å². The number of hydrogen-bond acceptors (Lipinski definition) is 6. The normalized spacial score (nSPS) is 10.7. The summed E-state index contributed by atoms with van der Waals surface area (Å²) in [4.78, 5) is 12.9. The van der Waals surface area contributed by atoms with Crippen LogP contribution in [0.2, 0.25) is 0 Å². The number of hydrogen-bond donors (Lipinski definition) is 1. The minimum absolute atomic E-state index is 0.208. The number of aryl methyl sites for hydroxylation is 2. The highest BCUT2D eigenvalue weighted by Crippen LogP contribution is 2.27. The van der Waals surface area contributed by atoms with Crippen molar-refractivity contribution in [3.63, 3.8) is 0 Å². The van der Waals surface area contributed by atoms with E-state index in [9.17, 15) is 4.79 Å². The van der Waals surface area contributed by atoms with Gasteiger partial charge in [-0.3, -0.25) is 9.36 Å². The fourth-order valence-electron chi connectivity index (χ4n) is 3.65. The highest BCUT2D eigenvalue weighted by Gasteiger charge is 2.18. The molecule has 3 aromatic carbocycles. The summed E-state index contributed by atoms with van der Waals surface area (Å²) in [6.45, 7) is 4.34. The van der Waals surface area contributed by atoms with Gasteiger partial charge >= 0.3 is 0 Å². The first-order valence-electron chi connectivity index (χ1n) is 11.2. The lowest BCUT2D eigenvalue weighted by atomic mass is 10.1. The third-order valence-electron chi connectivity index (χ3n) is 5.50. The lowest BCUT2D eigenvalue weighted by molar-refractivity contribution is 0.0946. The van der Waals surface area contributed by atoms with E-state index in [0.717, 1.165) is 22.2 Å². The number of nitrogens with one attached hydrogen (secondary N) is 1. The van der Waals surface area contributed by atoms with Crippen LogP contribution < -0.4 is 14.8 Å². The molecule has 0 aliphatic rings. The molecule has 4 rings (SSSR count).